The Morgan fingerprint density at radius 1 is 1.19 bits per heavy atom. The molecule has 5 rings (SSSR count). The number of H-pyrrole nitrogens is 1. The lowest BCUT2D eigenvalue weighted by atomic mass is 9.97. The van der Waals surface area contributed by atoms with E-state index in [-0.39, 0.29) is 5.69 Å². The molecule has 6 heteroatoms. The van der Waals surface area contributed by atoms with Gasteiger partial charge in [-0.1, -0.05) is 36.4 Å². The summed E-state index contributed by atoms with van der Waals surface area (Å²) >= 11 is 0. The Bertz CT molecular complexity index is 1240. The van der Waals surface area contributed by atoms with Crippen LogP contribution in [0.15, 0.2) is 47.3 Å². The van der Waals surface area contributed by atoms with Gasteiger partial charge in [0.15, 0.2) is 0 Å². The minimum atomic E-state index is -0.160. The largest absolute Gasteiger partial charge is 0.382 e. The number of likely N-dealkylation sites (N-methyl/N-ethyl adjacent to an activating group) is 1. The monoisotopic (exact) mass is 359 g/mol. The van der Waals surface area contributed by atoms with Gasteiger partial charge in [0, 0.05) is 18.5 Å². The second-order valence-corrected chi connectivity index (χ2v) is 7.34. The van der Waals surface area contributed by atoms with Gasteiger partial charge in [-0.15, -0.1) is 0 Å². The van der Waals surface area contributed by atoms with Gasteiger partial charge in [0.05, 0.1) is 17.6 Å². The van der Waals surface area contributed by atoms with Crippen LogP contribution in [-0.4, -0.2) is 33.0 Å². The molecule has 0 saturated carbocycles. The number of hydrogen-bond acceptors (Lipinski definition) is 4. The molecule has 3 N–H and O–H groups in total. The Kier molecular flexibility index (Phi) is 3.55. The Morgan fingerprint density at radius 3 is 2.93 bits per heavy atom. The molecule has 6 nitrogen and oxygen atoms in total. The molecule has 0 saturated heterocycles. The van der Waals surface area contributed by atoms with Crippen molar-refractivity contribution in [3.63, 3.8) is 0 Å². The Morgan fingerprint density at radius 2 is 2.04 bits per heavy atom. The number of pyridine rings is 1. The highest BCUT2D eigenvalue weighted by molar-refractivity contribution is 6.06. The number of aromatic nitrogens is 3. The Hall–Kier alpha value is -3.12. The average molecular weight is 359 g/mol. The lowest BCUT2D eigenvalue weighted by molar-refractivity contribution is 0.313. The van der Waals surface area contributed by atoms with Gasteiger partial charge in [0.25, 0.3) is 0 Å². The van der Waals surface area contributed by atoms with Crippen molar-refractivity contribution in [3.8, 4) is 0 Å². The van der Waals surface area contributed by atoms with E-state index in [1.165, 1.54) is 11.1 Å². The average Bonchev–Trinajstić information content (AvgIpc) is 2.99. The van der Waals surface area contributed by atoms with E-state index in [1.54, 1.807) is 4.57 Å². The fourth-order valence-corrected chi connectivity index (χ4v) is 4.07. The van der Waals surface area contributed by atoms with Crippen molar-refractivity contribution >= 4 is 27.8 Å². The standard InChI is InChI=1S/C21H21N5O/c1-25-9-8-14-10-13(6-7-15(14)12-25)11-26-19-16-4-2-3-5-17(16)23-20(22)18(19)24-21(26)27/h2-7,10H,8-9,11-12H2,1H3,(H2,22,23)(H,24,27). The van der Waals surface area contributed by atoms with Gasteiger partial charge in [-0.25, -0.2) is 9.78 Å². The quantitative estimate of drug-likeness (QED) is 0.576. The summed E-state index contributed by atoms with van der Waals surface area (Å²) in [6.07, 6.45) is 1.04. The highest BCUT2D eigenvalue weighted by atomic mass is 16.1. The van der Waals surface area contributed by atoms with Crippen molar-refractivity contribution in [2.45, 2.75) is 19.5 Å². The van der Waals surface area contributed by atoms with Crippen molar-refractivity contribution in [1.29, 1.82) is 0 Å². The van der Waals surface area contributed by atoms with Gasteiger partial charge in [-0.3, -0.25) is 4.57 Å². The molecule has 0 atom stereocenters. The number of rotatable bonds is 2. The van der Waals surface area contributed by atoms with Gasteiger partial charge < -0.3 is 15.6 Å². The molecule has 4 aromatic rings. The summed E-state index contributed by atoms with van der Waals surface area (Å²) < 4.78 is 1.77. The van der Waals surface area contributed by atoms with Gasteiger partial charge in [-0.2, -0.15) is 0 Å². The topological polar surface area (TPSA) is 79.9 Å². The molecule has 0 radical (unpaired) electrons. The van der Waals surface area contributed by atoms with E-state index in [0.717, 1.165) is 41.5 Å². The highest BCUT2D eigenvalue weighted by Gasteiger charge is 2.17. The van der Waals surface area contributed by atoms with Gasteiger partial charge in [-0.05, 0) is 36.2 Å². The summed E-state index contributed by atoms with van der Waals surface area (Å²) in [5, 5.41) is 0.930. The zero-order chi connectivity index (χ0) is 18.5. The minimum Gasteiger partial charge on any atom is -0.382 e. The maximum atomic E-state index is 12.7. The number of para-hydroxylation sites is 1. The first kappa shape index (κ1) is 16.1. The van der Waals surface area contributed by atoms with Gasteiger partial charge >= 0.3 is 5.69 Å². The Labute approximate surface area is 156 Å². The fourth-order valence-electron chi connectivity index (χ4n) is 4.07. The zero-order valence-corrected chi connectivity index (χ0v) is 15.2. The molecule has 3 heterocycles. The Balaban J connectivity index is 1.66. The molecule has 1 aliphatic rings. The maximum Gasteiger partial charge on any atom is 0.326 e. The van der Waals surface area contributed by atoms with Crippen molar-refractivity contribution in [2.24, 2.45) is 0 Å². The van der Waals surface area contributed by atoms with E-state index in [2.05, 4.69) is 40.1 Å². The molecular weight excluding hydrogens is 338 g/mol. The number of nitrogens with zero attached hydrogens (tertiary/aromatic N) is 3. The molecule has 0 aliphatic carbocycles. The SMILES string of the molecule is CN1CCc2cc(Cn3c(=O)[nH]c4c(N)nc5ccccc5c43)ccc2C1. The summed E-state index contributed by atoms with van der Waals surface area (Å²) in [6, 6.07) is 14.3. The summed E-state index contributed by atoms with van der Waals surface area (Å²) in [7, 11) is 2.14. The number of benzene rings is 2. The fraction of sp³-hybridized carbons (Fsp3) is 0.238. The van der Waals surface area contributed by atoms with Crippen molar-refractivity contribution in [3.05, 3.63) is 69.6 Å². The summed E-state index contributed by atoms with van der Waals surface area (Å²) in [5.74, 6) is 0.355. The van der Waals surface area contributed by atoms with Crippen molar-refractivity contribution in [1.82, 2.24) is 19.4 Å². The molecule has 2 aromatic carbocycles. The summed E-state index contributed by atoms with van der Waals surface area (Å²) in [5.41, 5.74) is 12.0. The van der Waals surface area contributed by atoms with Crippen LogP contribution in [0.2, 0.25) is 0 Å². The van der Waals surface area contributed by atoms with Crippen LogP contribution < -0.4 is 11.4 Å². The first-order valence-electron chi connectivity index (χ1n) is 9.16. The van der Waals surface area contributed by atoms with Crippen molar-refractivity contribution < 1.29 is 0 Å². The molecule has 0 spiro atoms. The van der Waals surface area contributed by atoms with Crippen LogP contribution in [0.5, 0.6) is 0 Å². The van der Waals surface area contributed by atoms with E-state index in [4.69, 9.17) is 5.73 Å². The molecule has 136 valence electrons. The normalized spacial score (nSPS) is 14.7. The molecule has 0 unspecified atom stereocenters. The number of aromatic amines is 1. The van der Waals surface area contributed by atoms with E-state index in [9.17, 15) is 4.79 Å². The van der Waals surface area contributed by atoms with E-state index < -0.39 is 0 Å². The van der Waals surface area contributed by atoms with E-state index in [0.29, 0.717) is 17.9 Å². The van der Waals surface area contributed by atoms with Crippen LogP contribution in [0, 0.1) is 0 Å². The van der Waals surface area contributed by atoms with Crippen LogP contribution in [-0.2, 0) is 19.5 Å². The molecule has 2 aromatic heterocycles. The first-order chi connectivity index (χ1) is 13.1. The lowest BCUT2D eigenvalue weighted by Crippen LogP contribution is -2.26. The summed E-state index contributed by atoms with van der Waals surface area (Å²) in [6.45, 7) is 2.56. The highest BCUT2D eigenvalue weighted by Crippen LogP contribution is 2.27. The first-order valence-corrected chi connectivity index (χ1v) is 9.16. The zero-order valence-electron chi connectivity index (χ0n) is 15.2. The third-order valence-electron chi connectivity index (χ3n) is 5.45. The number of fused-ring (bicyclic) bond motifs is 4. The lowest BCUT2D eigenvalue weighted by Gasteiger charge is -2.25. The second kappa shape index (κ2) is 5.96. The number of hydrogen-bond donors (Lipinski definition) is 2. The van der Waals surface area contributed by atoms with Gasteiger partial charge in [0.1, 0.15) is 11.3 Å². The van der Waals surface area contributed by atoms with Crippen LogP contribution >= 0.6 is 0 Å². The molecule has 27 heavy (non-hydrogen) atoms. The number of nitrogen functional groups attached to an aromatic ring is 1. The van der Waals surface area contributed by atoms with Crippen LogP contribution in [0.4, 0.5) is 5.82 Å². The third-order valence-corrected chi connectivity index (χ3v) is 5.45. The van der Waals surface area contributed by atoms with Gasteiger partial charge in [0.2, 0.25) is 0 Å². The summed E-state index contributed by atoms with van der Waals surface area (Å²) in [4.78, 5) is 22.3. The molecule has 0 fully saturated rings. The number of nitrogens with one attached hydrogen (secondary N) is 1. The van der Waals surface area contributed by atoms with Crippen LogP contribution in [0.3, 0.4) is 0 Å². The number of imidazole rings is 1. The van der Waals surface area contributed by atoms with E-state index >= 15 is 0 Å². The molecule has 0 amide bonds. The molecule has 1 aliphatic heterocycles. The number of nitrogens with two attached hydrogens (primary N) is 1. The molecular formula is C21H21N5O. The van der Waals surface area contributed by atoms with E-state index in [1.807, 2.05) is 24.3 Å². The number of anilines is 1. The van der Waals surface area contributed by atoms with Crippen molar-refractivity contribution in [2.75, 3.05) is 19.3 Å². The second-order valence-electron chi connectivity index (χ2n) is 7.34. The minimum absolute atomic E-state index is 0.160. The predicted molar refractivity (Wildman–Crippen MR) is 108 cm³/mol. The third kappa shape index (κ3) is 2.61. The predicted octanol–water partition coefficient (Wildman–Crippen LogP) is 2.50. The smallest absolute Gasteiger partial charge is 0.326 e. The van der Waals surface area contributed by atoms with Crippen LogP contribution in [0.1, 0.15) is 16.7 Å². The van der Waals surface area contributed by atoms with Crippen LogP contribution in [0.25, 0.3) is 21.9 Å². The maximum absolute atomic E-state index is 12.7. The molecule has 0 bridgehead atoms.